The Labute approximate surface area is 214 Å². The van der Waals surface area contributed by atoms with Gasteiger partial charge in [0.2, 0.25) is 10.0 Å². The molecule has 2 aliphatic rings. The Kier molecular flexibility index (Phi) is 7.75. The van der Waals surface area contributed by atoms with E-state index >= 15 is 0 Å². The molecule has 0 bridgehead atoms. The van der Waals surface area contributed by atoms with Crippen molar-refractivity contribution >= 4 is 15.9 Å². The van der Waals surface area contributed by atoms with Gasteiger partial charge in [-0.3, -0.25) is 4.79 Å². The Hall–Kier alpha value is -2.46. The number of rotatable bonds is 8. The van der Waals surface area contributed by atoms with Crippen molar-refractivity contribution < 1.29 is 23.1 Å². The lowest BCUT2D eigenvalue weighted by molar-refractivity contribution is -0.0603. The lowest BCUT2D eigenvalue weighted by Crippen LogP contribution is -2.53. The molecule has 3 N–H and O–H groups in total. The Balaban J connectivity index is 1.56. The number of aliphatic hydroxyl groups excluding tert-OH is 1. The first-order chi connectivity index (χ1) is 17.0. The van der Waals surface area contributed by atoms with Gasteiger partial charge in [0.05, 0.1) is 10.9 Å². The van der Waals surface area contributed by atoms with E-state index in [1.807, 2.05) is 6.92 Å². The molecular formula is C27H37N3O5S. The molecule has 0 aromatic heterocycles. The molecule has 196 valence electrons. The minimum Gasteiger partial charge on any atom is -0.485 e. The molecular weight excluding hydrogens is 478 g/mol. The normalized spacial score (nSPS) is 23.6. The van der Waals surface area contributed by atoms with Gasteiger partial charge in [0.15, 0.2) is 0 Å². The van der Waals surface area contributed by atoms with Crippen molar-refractivity contribution in [1.82, 2.24) is 14.9 Å². The molecule has 2 aromatic carbocycles. The van der Waals surface area contributed by atoms with Crippen molar-refractivity contribution in [3.05, 3.63) is 59.2 Å². The van der Waals surface area contributed by atoms with E-state index in [2.05, 4.69) is 22.0 Å². The lowest BCUT2D eigenvalue weighted by Gasteiger charge is -2.42. The van der Waals surface area contributed by atoms with Crippen LogP contribution in [-0.4, -0.2) is 62.2 Å². The number of hydrogen-bond acceptors (Lipinski definition) is 6. The number of likely N-dealkylation sites (tertiary alicyclic amines) is 1. The van der Waals surface area contributed by atoms with E-state index in [1.165, 1.54) is 6.42 Å². The molecule has 3 atom stereocenters. The fourth-order valence-corrected chi connectivity index (χ4v) is 6.23. The van der Waals surface area contributed by atoms with E-state index in [9.17, 15) is 18.3 Å². The van der Waals surface area contributed by atoms with Crippen LogP contribution in [0.25, 0.3) is 0 Å². The maximum Gasteiger partial charge on any atom is 0.251 e. The number of ether oxygens (including phenoxy) is 1. The highest BCUT2D eigenvalue weighted by molar-refractivity contribution is 7.89. The van der Waals surface area contributed by atoms with Crippen LogP contribution in [0.1, 0.15) is 67.6 Å². The van der Waals surface area contributed by atoms with Crippen LogP contribution < -0.4 is 14.8 Å². The van der Waals surface area contributed by atoms with Gasteiger partial charge in [0.1, 0.15) is 17.5 Å². The number of hydrogen-bond donors (Lipinski definition) is 3. The first-order valence-corrected chi connectivity index (χ1v) is 14.1. The van der Waals surface area contributed by atoms with Crippen molar-refractivity contribution in [3.63, 3.8) is 0 Å². The van der Waals surface area contributed by atoms with Gasteiger partial charge in [-0.25, -0.2) is 13.1 Å². The number of amides is 1. The molecule has 1 amide bonds. The standard InChI is InChI=1S/C27H37N3O5S/c1-5-18-8-11-21(12-9-18)36(33,34)29-24-22-17-19(10-13-23(22)35-27(2,3)25(24)31)26(32)28-15-14-20-7-6-16-30(20)4/h8-13,17,20,24-25,29,31H,5-7,14-16H2,1-4H3,(H,28,32)/t20?,24-,25+/m1/s1. The van der Waals surface area contributed by atoms with Gasteiger partial charge < -0.3 is 20.1 Å². The van der Waals surface area contributed by atoms with Gasteiger partial charge in [-0.05, 0) is 89.0 Å². The largest absolute Gasteiger partial charge is 0.485 e. The Bertz CT molecular complexity index is 1200. The maximum atomic E-state index is 13.2. The molecule has 9 heteroatoms. The first kappa shape index (κ1) is 26.6. The van der Waals surface area contributed by atoms with E-state index in [0.717, 1.165) is 31.4 Å². The van der Waals surface area contributed by atoms with Crippen molar-refractivity contribution in [3.8, 4) is 5.75 Å². The number of fused-ring (bicyclic) bond motifs is 1. The van der Waals surface area contributed by atoms with Crippen molar-refractivity contribution in [2.45, 2.75) is 75.1 Å². The first-order valence-electron chi connectivity index (χ1n) is 12.6. The summed E-state index contributed by atoms with van der Waals surface area (Å²) >= 11 is 0. The molecule has 1 fully saturated rings. The van der Waals surface area contributed by atoms with Gasteiger partial charge in [0, 0.05) is 23.7 Å². The number of sulfonamides is 1. The number of aliphatic hydroxyl groups is 1. The van der Waals surface area contributed by atoms with Crippen LogP contribution >= 0.6 is 0 Å². The second-order valence-corrected chi connectivity index (χ2v) is 12.0. The number of aryl methyl sites for hydroxylation is 1. The lowest BCUT2D eigenvalue weighted by atomic mass is 9.86. The summed E-state index contributed by atoms with van der Waals surface area (Å²) in [6, 6.07) is 11.1. The number of carbonyl (C=O) groups is 1. The van der Waals surface area contributed by atoms with E-state index in [0.29, 0.717) is 29.5 Å². The van der Waals surface area contributed by atoms with Crippen LogP contribution in [0.3, 0.4) is 0 Å². The zero-order valence-electron chi connectivity index (χ0n) is 21.5. The molecule has 1 saturated heterocycles. The highest BCUT2D eigenvalue weighted by Crippen LogP contribution is 2.41. The number of nitrogens with zero attached hydrogens (tertiary/aromatic N) is 1. The third-order valence-corrected chi connectivity index (χ3v) is 8.82. The highest BCUT2D eigenvalue weighted by atomic mass is 32.2. The SMILES string of the molecule is CCc1ccc(S(=O)(=O)N[C@@H]2c3cc(C(=O)NCCC4CCCN4C)ccc3OC(C)(C)[C@H]2O)cc1. The summed E-state index contributed by atoms with van der Waals surface area (Å²) in [6.45, 7) is 7.06. The fourth-order valence-electron chi connectivity index (χ4n) is 5.01. The number of carbonyl (C=O) groups excluding carboxylic acids is 1. The second kappa shape index (κ2) is 10.5. The van der Waals surface area contributed by atoms with Gasteiger partial charge in [-0.1, -0.05) is 19.1 Å². The molecule has 0 radical (unpaired) electrons. The Morgan fingerprint density at radius 1 is 1.19 bits per heavy atom. The quantitative estimate of drug-likeness (QED) is 0.499. The Morgan fingerprint density at radius 2 is 1.92 bits per heavy atom. The van der Waals surface area contributed by atoms with Crippen LogP contribution in [0, 0.1) is 0 Å². The van der Waals surface area contributed by atoms with Gasteiger partial charge in [-0.15, -0.1) is 0 Å². The molecule has 8 nitrogen and oxygen atoms in total. The van der Waals surface area contributed by atoms with Crippen LogP contribution in [0.2, 0.25) is 0 Å². The van der Waals surface area contributed by atoms with Crippen LogP contribution in [0.5, 0.6) is 5.75 Å². The molecule has 36 heavy (non-hydrogen) atoms. The van der Waals surface area contributed by atoms with Crippen molar-refractivity contribution in [1.29, 1.82) is 0 Å². The summed E-state index contributed by atoms with van der Waals surface area (Å²) in [5, 5.41) is 14.1. The Morgan fingerprint density at radius 3 is 2.56 bits per heavy atom. The topological polar surface area (TPSA) is 108 Å². The second-order valence-electron chi connectivity index (χ2n) is 10.3. The minimum atomic E-state index is -3.94. The zero-order chi connectivity index (χ0) is 26.1. The molecule has 4 rings (SSSR count). The van der Waals surface area contributed by atoms with Crippen molar-refractivity contribution in [2.75, 3.05) is 20.1 Å². The molecule has 2 aliphatic heterocycles. The summed E-state index contributed by atoms with van der Waals surface area (Å²) < 4.78 is 35.1. The third kappa shape index (κ3) is 5.59. The molecule has 0 spiro atoms. The predicted molar refractivity (Wildman–Crippen MR) is 139 cm³/mol. The van der Waals surface area contributed by atoms with E-state index in [4.69, 9.17) is 4.74 Å². The minimum absolute atomic E-state index is 0.114. The molecule has 1 unspecified atom stereocenters. The highest BCUT2D eigenvalue weighted by Gasteiger charge is 2.44. The molecule has 2 heterocycles. The summed E-state index contributed by atoms with van der Waals surface area (Å²) in [6.07, 6.45) is 2.82. The number of nitrogens with one attached hydrogen (secondary N) is 2. The average Bonchev–Trinajstić information content (AvgIpc) is 3.26. The van der Waals surface area contributed by atoms with E-state index in [1.54, 1.807) is 56.3 Å². The summed E-state index contributed by atoms with van der Waals surface area (Å²) in [4.78, 5) is 15.3. The summed E-state index contributed by atoms with van der Waals surface area (Å²) in [5.41, 5.74) is 0.810. The van der Waals surface area contributed by atoms with Gasteiger partial charge in [0.25, 0.3) is 5.91 Å². The van der Waals surface area contributed by atoms with Gasteiger partial charge in [-0.2, -0.15) is 0 Å². The summed E-state index contributed by atoms with van der Waals surface area (Å²) in [5.74, 6) is 0.193. The summed E-state index contributed by atoms with van der Waals surface area (Å²) in [7, 11) is -1.84. The van der Waals surface area contributed by atoms with Crippen LogP contribution in [0.15, 0.2) is 47.4 Å². The monoisotopic (exact) mass is 515 g/mol. The number of benzene rings is 2. The van der Waals surface area contributed by atoms with Gasteiger partial charge >= 0.3 is 0 Å². The predicted octanol–water partition coefficient (Wildman–Crippen LogP) is 3.01. The maximum absolute atomic E-state index is 13.2. The fraction of sp³-hybridized carbons (Fsp3) is 0.519. The molecule has 0 saturated carbocycles. The zero-order valence-corrected chi connectivity index (χ0v) is 22.3. The van der Waals surface area contributed by atoms with Crippen molar-refractivity contribution in [2.24, 2.45) is 0 Å². The molecule has 0 aliphatic carbocycles. The average molecular weight is 516 g/mol. The third-order valence-electron chi connectivity index (χ3n) is 7.37. The van der Waals surface area contributed by atoms with Crippen LogP contribution in [-0.2, 0) is 16.4 Å². The van der Waals surface area contributed by atoms with Crippen LogP contribution in [0.4, 0.5) is 0 Å². The molecule has 2 aromatic rings. The van der Waals surface area contributed by atoms with E-state index in [-0.39, 0.29) is 10.8 Å². The smallest absolute Gasteiger partial charge is 0.251 e. The van der Waals surface area contributed by atoms with E-state index < -0.39 is 27.8 Å².